The molecule has 0 saturated heterocycles. The molecule has 0 fully saturated rings. The molecule has 0 unspecified atom stereocenters. The molecule has 9 nitrogen and oxygen atoms in total. The topological polar surface area (TPSA) is 144 Å². The zero-order chi connectivity index (χ0) is 12.2. The maximum absolute atomic E-state index is 10.2. The van der Waals surface area contributed by atoms with Crippen LogP contribution >= 0.6 is 0 Å². The molecular weight excluding hydrogens is 234 g/mol. The molecule has 0 atom stereocenters. The van der Waals surface area contributed by atoms with Crippen LogP contribution in [-0.4, -0.2) is 9.49 Å². The number of hydrogen-bond donors (Lipinski definition) is 0. The highest BCUT2D eigenvalue weighted by Crippen LogP contribution is 2.03. The SMILES string of the molecule is Cn1c[n+](C)cc1[N+](=O)[O-].[O-][Cl+3]([O-])([O-])[O-]. The van der Waals surface area contributed by atoms with Crippen LogP contribution in [0.25, 0.3) is 0 Å². The summed E-state index contributed by atoms with van der Waals surface area (Å²) in [4.78, 5) is 9.79. The maximum Gasteiger partial charge on any atom is 0.364 e. The molecule has 0 bridgehead atoms. The fourth-order valence-corrected chi connectivity index (χ4v) is 0.815. The smallest absolute Gasteiger partial charge is 0.358 e. The normalized spacial score (nSPS) is 10.5. The van der Waals surface area contributed by atoms with Gasteiger partial charge in [0.2, 0.25) is 6.33 Å². The zero-order valence-corrected chi connectivity index (χ0v) is 8.58. The highest BCUT2D eigenvalue weighted by Gasteiger charge is 2.11. The Morgan fingerprint density at radius 3 is 1.93 bits per heavy atom. The van der Waals surface area contributed by atoms with Crippen molar-refractivity contribution < 1.29 is 38.4 Å². The number of nitro groups is 1. The first-order valence-corrected chi connectivity index (χ1v) is 4.62. The Bertz CT molecular complexity index is 339. The van der Waals surface area contributed by atoms with Gasteiger partial charge >= 0.3 is 5.82 Å². The molecular formula is C5H8ClN3O6. The number of aromatic nitrogens is 2. The summed E-state index contributed by atoms with van der Waals surface area (Å²) in [5.41, 5.74) is 0. The molecule has 86 valence electrons. The van der Waals surface area contributed by atoms with Crippen LogP contribution in [0.2, 0.25) is 0 Å². The van der Waals surface area contributed by atoms with E-state index in [0.717, 1.165) is 0 Å². The first-order valence-electron chi connectivity index (χ1n) is 3.39. The van der Waals surface area contributed by atoms with Gasteiger partial charge in [-0.15, -0.1) is 10.2 Å². The Balaban J connectivity index is 0.000000336. The molecule has 0 aliphatic carbocycles. The molecule has 0 amide bonds. The van der Waals surface area contributed by atoms with Crippen LogP contribution in [0.15, 0.2) is 12.5 Å². The van der Waals surface area contributed by atoms with E-state index in [1.807, 2.05) is 0 Å². The van der Waals surface area contributed by atoms with Crippen molar-refractivity contribution in [2.45, 2.75) is 0 Å². The van der Waals surface area contributed by atoms with Gasteiger partial charge in [0.1, 0.15) is 0 Å². The van der Waals surface area contributed by atoms with Crippen molar-refractivity contribution in [1.82, 2.24) is 4.57 Å². The first kappa shape index (κ1) is 13.7. The summed E-state index contributed by atoms with van der Waals surface area (Å²) in [7, 11) is -1.56. The van der Waals surface area contributed by atoms with Crippen LogP contribution in [0, 0.1) is 20.4 Å². The van der Waals surface area contributed by atoms with Gasteiger partial charge in [-0.1, -0.05) is 0 Å². The first-order chi connectivity index (χ1) is 6.61. The number of nitrogens with zero attached hydrogens (tertiary/aromatic N) is 3. The van der Waals surface area contributed by atoms with E-state index in [9.17, 15) is 10.1 Å². The van der Waals surface area contributed by atoms with Gasteiger partial charge in [-0.3, -0.25) is 0 Å². The second-order valence-electron chi connectivity index (χ2n) is 2.51. The zero-order valence-electron chi connectivity index (χ0n) is 7.82. The van der Waals surface area contributed by atoms with Gasteiger partial charge in [0.25, 0.3) is 0 Å². The van der Waals surface area contributed by atoms with Crippen molar-refractivity contribution in [1.29, 1.82) is 0 Å². The van der Waals surface area contributed by atoms with Gasteiger partial charge in [0.15, 0.2) is 6.20 Å². The van der Waals surface area contributed by atoms with Crippen molar-refractivity contribution >= 4 is 5.82 Å². The second-order valence-corrected chi connectivity index (χ2v) is 3.27. The van der Waals surface area contributed by atoms with E-state index < -0.39 is 15.2 Å². The molecule has 15 heavy (non-hydrogen) atoms. The molecule has 0 aliphatic heterocycles. The molecule has 0 radical (unpaired) electrons. The Hall–Kier alpha value is -1.26. The van der Waals surface area contributed by atoms with Crippen LogP contribution in [-0.2, 0) is 14.1 Å². The molecule has 1 aromatic heterocycles. The van der Waals surface area contributed by atoms with E-state index in [1.165, 1.54) is 10.8 Å². The second kappa shape index (κ2) is 5.00. The predicted molar refractivity (Wildman–Crippen MR) is 33.2 cm³/mol. The van der Waals surface area contributed by atoms with Crippen LogP contribution in [0.5, 0.6) is 0 Å². The summed E-state index contributed by atoms with van der Waals surface area (Å²) in [6, 6.07) is 0. The maximum atomic E-state index is 10.2. The van der Waals surface area contributed by atoms with Crippen molar-refractivity contribution in [2.75, 3.05) is 0 Å². The molecule has 10 heteroatoms. The average Bonchev–Trinajstić information content (AvgIpc) is 2.25. The van der Waals surface area contributed by atoms with Crippen LogP contribution in [0.1, 0.15) is 0 Å². The monoisotopic (exact) mass is 241 g/mol. The van der Waals surface area contributed by atoms with Gasteiger partial charge in [-0.05, 0) is 4.92 Å². The third kappa shape index (κ3) is 6.76. The Labute approximate surface area is 86.3 Å². The van der Waals surface area contributed by atoms with Crippen molar-refractivity contribution in [3.63, 3.8) is 0 Å². The highest BCUT2D eigenvalue weighted by atomic mass is 35.7. The van der Waals surface area contributed by atoms with Gasteiger partial charge in [0, 0.05) is 0 Å². The van der Waals surface area contributed by atoms with E-state index in [1.54, 1.807) is 25.0 Å². The van der Waals surface area contributed by atoms with Gasteiger partial charge < -0.3 is 10.1 Å². The Kier molecular flexibility index (Phi) is 4.58. The summed E-state index contributed by atoms with van der Waals surface area (Å²) in [5, 5.41) is 10.2. The molecule has 1 rings (SSSR count). The van der Waals surface area contributed by atoms with Gasteiger partial charge in [0.05, 0.1) is 14.1 Å². The van der Waals surface area contributed by atoms with E-state index >= 15 is 0 Å². The van der Waals surface area contributed by atoms with E-state index in [4.69, 9.17) is 18.6 Å². The quantitative estimate of drug-likeness (QED) is 0.273. The molecule has 0 aliphatic rings. The fourth-order valence-electron chi connectivity index (χ4n) is 0.815. The number of halogens is 1. The van der Waals surface area contributed by atoms with Crippen LogP contribution in [0.3, 0.4) is 0 Å². The highest BCUT2D eigenvalue weighted by molar-refractivity contribution is 5.09. The number of rotatable bonds is 1. The number of imidazole rings is 1. The van der Waals surface area contributed by atoms with E-state index in [-0.39, 0.29) is 5.82 Å². The molecule has 1 heterocycles. The molecule has 1 aromatic rings. The minimum Gasteiger partial charge on any atom is -0.358 e. The summed E-state index contributed by atoms with van der Waals surface area (Å²) in [6.45, 7) is 0. The summed E-state index contributed by atoms with van der Waals surface area (Å²) >= 11 is 0. The summed E-state index contributed by atoms with van der Waals surface area (Å²) < 4.78 is 37.1. The lowest BCUT2D eigenvalue weighted by Crippen LogP contribution is -2.68. The minimum atomic E-state index is -4.94. The molecule has 0 aromatic carbocycles. The Morgan fingerprint density at radius 2 is 1.80 bits per heavy atom. The van der Waals surface area contributed by atoms with E-state index in [2.05, 4.69) is 0 Å². The number of hydrogen-bond acceptors (Lipinski definition) is 6. The molecule has 0 spiro atoms. The summed E-state index contributed by atoms with van der Waals surface area (Å²) in [5.74, 6) is 0.0995. The third-order valence-electron chi connectivity index (χ3n) is 1.22. The lowest BCUT2D eigenvalue weighted by atomic mass is 10.7. The van der Waals surface area contributed by atoms with Gasteiger partial charge in [-0.2, -0.15) is 4.57 Å². The largest absolute Gasteiger partial charge is 0.364 e. The van der Waals surface area contributed by atoms with E-state index in [0.29, 0.717) is 0 Å². The lowest BCUT2D eigenvalue weighted by molar-refractivity contribution is -2.00. The summed E-state index contributed by atoms with van der Waals surface area (Å²) in [6.07, 6.45) is 3.10. The molecule has 0 N–H and O–H groups in total. The third-order valence-corrected chi connectivity index (χ3v) is 1.22. The standard InChI is InChI=1S/C5H8N3O2.ClHO4/c1-6-3-5(8(9)10)7(2)4-6;2-1(3,4)5/h3-4H,1-2H3;(H,2,3,4,5)/q+1;/p-1. The molecule has 0 saturated carbocycles. The van der Waals surface area contributed by atoms with Crippen LogP contribution < -0.4 is 23.2 Å². The van der Waals surface area contributed by atoms with Crippen molar-refractivity contribution in [3.05, 3.63) is 22.6 Å². The van der Waals surface area contributed by atoms with Gasteiger partial charge in [-0.25, -0.2) is 23.2 Å². The lowest BCUT2D eigenvalue weighted by Gasteiger charge is -2.17. The fraction of sp³-hybridized carbons (Fsp3) is 0.400. The predicted octanol–water partition coefficient (Wildman–Crippen LogP) is -5.00. The average molecular weight is 242 g/mol. The Morgan fingerprint density at radius 1 is 1.40 bits per heavy atom. The van der Waals surface area contributed by atoms with Crippen molar-refractivity contribution in [2.24, 2.45) is 14.1 Å². The number of aryl methyl sites for hydroxylation is 2. The minimum absolute atomic E-state index is 0.0995. The van der Waals surface area contributed by atoms with Crippen molar-refractivity contribution in [3.8, 4) is 0 Å². The van der Waals surface area contributed by atoms with Crippen LogP contribution in [0.4, 0.5) is 5.82 Å².